The van der Waals surface area contributed by atoms with Crippen molar-refractivity contribution in [2.24, 2.45) is 0 Å². The Morgan fingerprint density at radius 2 is 2.00 bits per heavy atom. The topological polar surface area (TPSA) is 74.6 Å². The minimum Gasteiger partial charge on any atom is -0.467 e. The summed E-state index contributed by atoms with van der Waals surface area (Å²) in [6.45, 7) is 0.530. The number of carbonyl (C=O) groups is 2. The number of amides is 2. The van der Waals surface area contributed by atoms with E-state index in [0.717, 1.165) is 18.6 Å². The van der Waals surface area contributed by atoms with Gasteiger partial charge in [-0.2, -0.15) is 0 Å². The minimum absolute atomic E-state index is 0.0798. The number of hydrogen-bond donors (Lipinski definition) is 2. The Morgan fingerprint density at radius 3 is 2.71 bits per heavy atom. The fourth-order valence-electron chi connectivity index (χ4n) is 2.36. The molecule has 24 heavy (non-hydrogen) atoms. The van der Waals surface area contributed by atoms with Crippen LogP contribution in [0.3, 0.4) is 0 Å². The van der Waals surface area contributed by atoms with Crippen molar-refractivity contribution in [2.75, 3.05) is 18.9 Å². The standard InChI is InChI=1S/C18H21N3O3/c1-21(12-14-5-4-10-24-14)17(22)11-19-16-7-3-2-6-15(16)18(23)20-13-8-9-13/h2-7,10,13,19H,8-9,11-12H2,1H3,(H,20,23). The average Bonchev–Trinajstić information content (AvgIpc) is 3.25. The number of anilines is 1. The van der Waals surface area contributed by atoms with E-state index in [4.69, 9.17) is 4.42 Å². The molecule has 2 aromatic rings. The Labute approximate surface area is 140 Å². The van der Waals surface area contributed by atoms with E-state index in [1.54, 1.807) is 30.3 Å². The largest absolute Gasteiger partial charge is 0.467 e. The van der Waals surface area contributed by atoms with E-state index in [-0.39, 0.29) is 18.4 Å². The fraction of sp³-hybridized carbons (Fsp3) is 0.333. The number of para-hydroxylation sites is 1. The lowest BCUT2D eigenvalue weighted by Gasteiger charge is -2.17. The predicted octanol–water partition coefficient (Wildman–Crippen LogP) is 2.24. The van der Waals surface area contributed by atoms with Crippen LogP contribution in [0.2, 0.25) is 0 Å². The lowest BCUT2D eigenvalue weighted by Crippen LogP contribution is -2.32. The van der Waals surface area contributed by atoms with Crippen molar-refractivity contribution in [2.45, 2.75) is 25.4 Å². The first-order valence-corrected chi connectivity index (χ1v) is 8.03. The molecule has 0 unspecified atom stereocenters. The molecule has 0 saturated heterocycles. The van der Waals surface area contributed by atoms with Crippen molar-refractivity contribution in [1.29, 1.82) is 0 Å². The Morgan fingerprint density at radius 1 is 1.21 bits per heavy atom. The number of nitrogens with zero attached hydrogens (tertiary/aromatic N) is 1. The number of rotatable bonds is 7. The van der Waals surface area contributed by atoms with Crippen LogP contribution in [0.15, 0.2) is 47.1 Å². The molecule has 2 amide bonds. The zero-order valence-corrected chi connectivity index (χ0v) is 13.6. The van der Waals surface area contributed by atoms with Crippen molar-refractivity contribution in [3.8, 4) is 0 Å². The van der Waals surface area contributed by atoms with Gasteiger partial charge in [0.1, 0.15) is 5.76 Å². The Bertz CT molecular complexity index is 708. The van der Waals surface area contributed by atoms with Gasteiger partial charge in [0.25, 0.3) is 5.91 Å². The number of hydrogen-bond acceptors (Lipinski definition) is 4. The molecule has 1 saturated carbocycles. The van der Waals surface area contributed by atoms with Crippen molar-refractivity contribution in [1.82, 2.24) is 10.2 Å². The predicted molar refractivity (Wildman–Crippen MR) is 90.6 cm³/mol. The smallest absolute Gasteiger partial charge is 0.253 e. The number of likely N-dealkylation sites (N-methyl/N-ethyl adjacent to an activating group) is 1. The highest BCUT2D eigenvalue weighted by Crippen LogP contribution is 2.21. The number of furan rings is 1. The monoisotopic (exact) mass is 327 g/mol. The van der Waals surface area contributed by atoms with Crippen LogP contribution < -0.4 is 10.6 Å². The lowest BCUT2D eigenvalue weighted by molar-refractivity contribution is -0.128. The number of nitrogens with one attached hydrogen (secondary N) is 2. The van der Waals surface area contributed by atoms with Crippen LogP contribution in [0.4, 0.5) is 5.69 Å². The van der Waals surface area contributed by atoms with Gasteiger partial charge in [0.15, 0.2) is 0 Å². The normalized spacial score (nSPS) is 13.4. The molecule has 1 aliphatic rings. The summed E-state index contributed by atoms with van der Waals surface area (Å²) in [4.78, 5) is 26.1. The molecule has 1 fully saturated rings. The molecule has 1 aromatic heterocycles. The van der Waals surface area contributed by atoms with Gasteiger partial charge in [-0.1, -0.05) is 12.1 Å². The third-order valence-corrected chi connectivity index (χ3v) is 3.91. The molecule has 126 valence electrons. The van der Waals surface area contributed by atoms with Gasteiger partial charge in [0, 0.05) is 18.8 Å². The van der Waals surface area contributed by atoms with Gasteiger partial charge in [-0.3, -0.25) is 9.59 Å². The second-order valence-electron chi connectivity index (χ2n) is 5.98. The van der Waals surface area contributed by atoms with Crippen LogP contribution in [0.25, 0.3) is 0 Å². The maximum absolute atomic E-state index is 12.2. The van der Waals surface area contributed by atoms with Crippen molar-refractivity contribution >= 4 is 17.5 Å². The highest BCUT2D eigenvalue weighted by Gasteiger charge is 2.24. The molecule has 0 atom stereocenters. The van der Waals surface area contributed by atoms with Gasteiger partial charge in [0.2, 0.25) is 5.91 Å². The highest BCUT2D eigenvalue weighted by atomic mass is 16.3. The molecule has 3 rings (SSSR count). The summed E-state index contributed by atoms with van der Waals surface area (Å²) < 4.78 is 5.24. The van der Waals surface area contributed by atoms with Crippen molar-refractivity contribution < 1.29 is 14.0 Å². The van der Waals surface area contributed by atoms with Crippen LogP contribution in [-0.4, -0.2) is 36.3 Å². The van der Waals surface area contributed by atoms with E-state index >= 15 is 0 Å². The number of carbonyl (C=O) groups excluding carboxylic acids is 2. The molecular formula is C18H21N3O3. The molecule has 1 aliphatic carbocycles. The van der Waals surface area contributed by atoms with Crippen LogP contribution in [-0.2, 0) is 11.3 Å². The summed E-state index contributed by atoms with van der Waals surface area (Å²) >= 11 is 0. The van der Waals surface area contributed by atoms with Gasteiger partial charge < -0.3 is 20.0 Å². The van der Waals surface area contributed by atoms with Crippen LogP contribution in [0.1, 0.15) is 29.0 Å². The molecule has 6 heteroatoms. The Hall–Kier alpha value is -2.76. The van der Waals surface area contributed by atoms with Crippen LogP contribution in [0.5, 0.6) is 0 Å². The van der Waals surface area contributed by atoms with Gasteiger partial charge in [-0.25, -0.2) is 0 Å². The molecule has 0 spiro atoms. The average molecular weight is 327 g/mol. The van der Waals surface area contributed by atoms with Gasteiger partial charge in [0.05, 0.1) is 24.9 Å². The molecule has 0 radical (unpaired) electrons. The second-order valence-corrected chi connectivity index (χ2v) is 5.98. The summed E-state index contributed by atoms with van der Waals surface area (Å²) in [5.74, 6) is 0.552. The van der Waals surface area contributed by atoms with Gasteiger partial charge in [-0.05, 0) is 37.1 Å². The quantitative estimate of drug-likeness (QED) is 0.818. The highest BCUT2D eigenvalue weighted by molar-refractivity contribution is 6.00. The summed E-state index contributed by atoms with van der Waals surface area (Å²) in [6, 6.07) is 11.1. The fourth-order valence-corrected chi connectivity index (χ4v) is 2.36. The van der Waals surface area contributed by atoms with Crippen molar-refractivity contribution in [3.63, 3.8) is 0 Å². The molecule has 1 heterocycles. The van der Waals surface area contributed by atoms with E-state index < -0.39 is 0 Å². The first kappa shape index (κ1) is 16.1. The second kappa shape index (κ2) is 7.21. The van der Waals surface area contributed by atoms with E-state index in [1.165, 1.54) is 0 Å². The Balaban J connectivity index is 1.57. The molecule has 6 nitrogen and oxygen atoms in total. The van der Waals surface area contributed by atoms with E-state index in [1.807, 2.05) is 24.3 Å². The maximum Gasteiger partial charge on any atom is 0.253 e. The third-order valence-electron chi connectivity index (χ3n) is 3.91. The first-order chi connectivity index (χ1) is 11.6. The SMILES string of the molecule is CN(Cc1ccco1)C(=O)CNc1ccccc1C(=O)NC1CC1. The summed E-state index contributed by atoms with van der Waals surface area (Å²) in [5.41, 5.74) is 1.22. The molecule has 1 aromatic carbocycles. The Kier molecular flexibility index (Phi) is 4.84. The lowest BCUT2D eigenvalue weighted by atomic mass is 10.1. The van der Waals surface area contributed by atoms with E-state index in [0.29, 0.717) is 23.8 Å². The van der Waals surface area contributed by atoms with E-state index in [2.05, 4.69) is 10.6 Å². The zero-order valence-electron chi connectivity index (χ0n) is 13.6. The molecule has 0 aliphatic heterocycles. The zero-order chi connectivity index (χ0) is 16.9. The summed E-state index contributed by atoms with van der Waals surface area (Å²) in [5, 5.41) is 6.03. The maximum atomic E-state index is 12.2. The first-order valence-electron chi connectivity index (χ1n) is 8.03. The molecule has 2 N–H and O–H groups in total. The van der Waals surface area contributed by atoms with Crippen molar-refractivity contribution in [3.05, 3.63) is 54.0 Å². The third kappa shape index (κ3) is 4.16. The van der Waals surface area contributed by atoms with Crippen LogP contribution in [0, 0.1) is 0 Å². The van der Waals surface area contributed by atoms with Gasteiger partial charge in [-0.15, -0.1) is 0 Å². The number of benzene rings is 1. The van der Waals surface area contributed by atoms with Gasteiger partial charge >= 0.3 is 0 Å². The molecule has 0 bridgehead atoms. The van der Waals surface area contributed by atoms with E-state index in [9.17, 15) is 9.59 Å². The summed E-state index contributed by atoms with van der Waals surface area (Å²) in [7, 11) is 1.72. The summed E-state index contributed by atoms with van der Waals surface area (Å²) in [6.07, 6.45) is 3.66. The molecular weight excluding hydrogens is 306 g/mol. The minimum atomic E-state index is -0.100. The van der Waals surface area contributed by atoms with Crippen LogP contribution >= 0.6 is 0 Å².